The third-order valence-electron chi connectivity index (χ3n) is 2.79. The minimum Gasteiger partial charge on any atom is -0.355 e. The van der Waals surface area contributed by atoms with Gasteiger partial charge < -0.3 is 10.6 Å². The second kappa shape index (κ2) is 6.12. The van der Waals surface area contributed by atoms with Gasteiger partial charge in [0.2, 0.25) is 5.91 Å². The zero-order valence-corrected chi connectivity index (χ0v) is 11.0. The molecule has 4 nitrogen and oxygen atoms in total. The number of carbonyl (C=O) groups excluding carboxylic acids is 1. The lowest BCUT2D eigenvalue weighted by molar-refractivity contribution is -0.120. The van der Waals surface area contributed by atoms with Crippen LogP contribution in [-0.2, 0) is 11.2 Å². The molecule has 1 saturated carbocycles. The van der Waals surface area contributed by atoms with Crippen LogP contribution in [0.25, 0.3) is 0 Å². The SMILES string of the molecule is Cc1nc(CCNCC(=O)NCC2CC2)cs1. The Morgan fingerprint density at radius 2 is 2.41 bits per heavy atom. The number of nitrogens with one attached hydrogen (secondary N) is 2. The van der Waals surface area contributed by atoms with Gasteiger partial charge in [0.25, 0.3) is 0 Å². The van der Waals surface area contributed by atoms with Gasteiger partial charge in [-0.2, -0.15) is 0 Å². The van der Waals surface area contributed by atoms with E-state index in [4.69, 9.17) is 0 Å². The molecule has 0 atom stereocenters. The molecule has 1 amide bonds. The Bertz CT molecular complexity index is 374. The van der Waals surface area contributed by atoms with Crippen LogP contribution in [0.2, 0.25) is 0 Å². The first-order valence-electron chi connectivity index (χ1n) is 6.12. The van der Waals surface area contributed by atoms with Gasteiger partial charge in [0.15, 0.2) is 0 Å². The number of aromatic nitrogens is 1. The Balaban J connectivity index is 1.51. The van der Waals surface area contributed by atoms with Gasteiger partial charge in [-0.3, -0.25) is 4.79 Å². The molecule has 2 rings (SSSR count). The number of rotatable bonds is 7. The summed E-state index contributed by atoms with van der Waals surface area (Å²) >= 11 is 1.67. The van der Waals surface area contributed by atoms with Crippen molar-refractivity contribution >= 4 is 17.2 Å². The minimum absolute atomic E-state index is 0.103. The first-order chi connectivity index (χ1) is 8.24. The van der Waals surface area contributed by atoms with Gasteiger partial charge in [-0.05, 0) is 25.7 Å². The van der Waals surface area contributed by atoms with Crippen molar-refractivity contribution in [3.63, 3.8) is 0 Å². The van der Waals surface area contributed by atoms with Crippen molar-refractivity contribution in [3.8, 4) is 0 Å². The summed E-state index contributed by atoms with van der Waals surface area (Å²) in [7, 11) is 0. The second-order valence-electron chi connectivity index (χ2n) is 4.53. The Morgan fingerprint density at radius 3 is 3.06 bits per heavy atom. The summed E-state index contributed by atoms with van der Waals surface area (Å²) in [5, 5.41) is 9.24. The van der Waals surface area contributed by atoms with Crippen LogP contribution >= 0.6 is 11.3 Å². The Morgan fingerprint density at radius 1 is 1.59 bits per heavy atom. The lowest BCUT2D eigenvalue weighted by atomic mass is 10.3. The maximum atomic E-state index is 11.4. The van der Waals surface area contributed by atoms with Crippen molar-refractivity contribution in [2.24, 2.45) is 5.92 Å². The molecular formula is C12H19N3OS. The van der Waals surface area contributed by atoms with Crippen LogP contribution in [-0.4, -0.2) is 30.5 Å². The number of nitrogens with zero attached hydrogens (tertiary/aromatic N) is 1. The Kier molecular flexibility index (Phi) is 4.50. The van der Waals surface area contributed by atoms with E-state index in [0.717, 1.165) is 36.1 Å². The molecule has 2 N–H and O–H groups in total. The molecule has 1 heterocycles. The molecule has 0 bridgehead atoms. The van der Waals surface area contributed by atoms with Gasteiger partial charge in [0.1, 0.15) is 0 Å². The van der Waals surface area contributed by atoms with Crippen molar-refractivity contribution < 1.29 is 4.79 Å². The van der Waals surface area contributed by atoms with Crippen LogP contribution in [0.3, 0.4) is 0 Å². The van der Waals surface area contributed by atoms with Gasteiger partial charge in [0.05, 0.1) is 17.2 Å². The predicted octanol–water partition coefficient (Wildman–Crippen LogP) is 1.11. The number of carbonyl (C=O) groups is 1. The highest BCUT2D eigenvalue weighted by Gasteiger charge is 2.21. The Hall–Kier alpha value is -0.940. The molecule has 1 aromatic heterocycles. The topological polar surface area (TPSA) is 54.0 Å². The van der Waals surface area contributed by atoms with Crippen molar-refractivity contribution in [1.29, 1.82) is 0 Å². The van der Waals surface area contributed by atoms with E-state index < -0.39 is 0 Å². The van der Waals surface area contributed by atoms with E-state index in [1.807, 2.05) is 6.92 Å². The van der Waals surface area contributed by atoms with E-state index in [0.29, 0.717) is 6.54 Å². The van der Waals surface area contributed by atoms with E-state index in [1.54, 1.807) is 11.3 Å². The Labute approximate surface area is 106 Å². The van der Waals surface area contributed by atoms with Crippen LogP contribution in [0, 0.1) is 12.8 Å². The van der Waals surface area contributed by atoms with Gasteiger partial charge in [0, 0.05) is 24.9 Å². The first kappa shape index (κ1) is 12.5. The van der Waals surface area contributed by atoms with Crippen LogP contribution in [0.15, 0.2) is 5.38 Å². The molecule has 0 unspecified atom stereocenters. The van der Waals surface area contributed by atoms with Crippen LogP contribution < -0.4 is 10.6 Å². The number of thiazole rings is 1. The summed E-state index contributed by atoms with van der Waals surface area (Å²) in [6, 6.07) is 0. The summed E-state index contributed by atoms with van der Waals surface area (Å²) in [5.41, 5.74) is 1.11. The van der Waals surface area contributed by atoms with Gasteiger partial charge in [-0.25, -0.2) is 4.98 Å². The molecule has 17 heavy (non-hydrogen) atoms. The van der Waals surface area contributed by atoms with Gasteiger partial charge >= 0.3 is 0 Å². The molecule has 1 aliphatic rings. The normalized spacial score (nSPS) is 14.9. The first-order valence-corrected chi connectivity index (χ1v) is 7.00. The fourth-order valence-corrected chi connectivity index (χ4v) is 2.23. The van der Waals surface area contributed by atoms with E-state index in [9.17, 15) is 4.79 Å². The lowest BCUT2D eigenvalue weighted by Crippen LogP contribution is -2.35. The summed E-state index contributed by atoms with van der Waals surface area (Å²) in [6.45, 7) is 4.08. The fourth-order valence-electron chi connectivity index (χ4n) is 1.58. The third-order valence-corrected chi connectivity index (χ3v) is 3.62. The predicted molar refractivity (Wildman–Crippen MR) is 69.2 cm³/mol. The number of hydrogen-bond donors (Lipinski definition) is 2. The quantitative estimate of drug-likeness (QED) is 0.716. The summed E-state index contributed by atoms with van der Waals surface area (Å²) in [4.78, 5) is 15.8. The average Bonchev–Trinajstić information content (AvgIpc) is 3.05. The molecule has 0 saturated heterocycles. The minimum atomic E-state index is 0.103. The summed E-state index contributed by atoms with van der Waals surface area (Å²) in [5.74, 6) is 0.850. The smallest absolute Gasteiger partial charge is 0.233 e. The highest BCUT2D eigenvalue weighted by molar-refractivity contribution is 7.09. The van der Waals surface area contributed by atoms with Crippen molar-refractivity contribution in [1.82, 2.24) is 15.6 Å². The van der Waals surface area contributed by atoms with Crippen molar-refractivity contribution in [2.75, 3.05) is 19.6 Å². The number of amides is 1. The maximum Gasteiger partial charge on any atom is 0.233 e. The van der Waals surface area contributed by atoms with Crippen molar-refractivity contribution in [3.05, 3.63) is 16.1 Å². The van der Waals surface area contributed by atoms with Crippen molar-refractivity contribution in [2.45, 2.75) is 26.2 Å². The van der Waals surface area contributed by atoms with E-state index in [-0.39, 0.29) is 5.91 Å². The second-order valence-corrected chi connectivity index (χ2v) is 5.59. The zero-order chi connectivity index (χ0) is 12.1. The highest BCUT2D eigenvalue weighted by atomic mass is 32.1. The molecule has 94 valence electrons. The van der Waals surface area contributed by atoms with E-state index >= 15 is 0 Å². The van der Waals surface area contributed by atoms with Crippen LogP contribution in [0.1, 0.15) is 23.5 Å². The maximum absolute atomic E-state index is 11.4. The highest BCUT2D eigenvalue weighted by Crippen LogP contribution is 2.27. The summed E-state index contributed by atoms with van der Waals surface area (Å²) < 4.78 is 0. The molecule has 0 spiro atoms. The monoisotopic (exact) mass is 253 g/mol. The molecule has 0 aliphatic heterocycles. The fraction of sp³-hybridized carbons (Fsp3) is 0.667. The van der Waals surface area contributed by atoms with E-state index in [2.05, 4.69) is 21.0 Å². The molecule has 1 aliphatic carbocycles. The molecule has 1 aromatic rings. The standard InChI is InChI=1S/C12H19N3OS/c1-9-15-11(8-17-9)4-5-13-7-12(16)14-6-10-2-3-10/h8,10,13H,2-7H2,1H3,(H,14,16). The van der Waals surface area contributed by atoms with Crippen LogP contribution in [0.5, 0.6) is 0 Å². The van der Waals surface area contributed by atoms with E-state index in [1.165, 1.54) is 12.8 Å². The number of aryl methyl sites for hydroxylation is 1. The largest absolute Gasteiger partial charge is 0.355 e. The number of hydrogen-bond acceptors (Lipinski definition) is 4. The molecule has 0 aromatic carbocycles. The molecule has 1 fully saturated rings. The molecule has 0 radical (unpaired) electrons. The average molecular weight is 253 g/mol. The van der Waals surface area contributed by atoms with Crippen LogP contribution in [0.4, 0.5) is 0 Å². The summed E-state index contributed by atoms with van der Waals surface area (Å²) in [6.07, 6.45) is 3.44. The molecule has 5 heteroatoms. The third kappa shape index (κ3) is 4.83. The van der Waals surface area contributed by atoms with Gasteiger partial charge in [-0.15, -0.1) is 11.3 Å². The lowest BCUT2D eigenvalue weighted by Gasteiger charge is -2.05. The van der Waals surface area contributed by atoms with Gasteiger partial charge in [-0.1, -0.05) is 0 Å². The molecular weight excluding hydrogens is 234 g/mol. The zero-order valence-electron chi connectivity index (χ0n) is 10.2.